The van der Waals surface area contributed by atoms with Crippen LogP contribution >= 0.6 is 11.6 Å². The van der Waals surface area contributed by atoms with Crippen LogP contribution in [0.4, 0.5) is 0 Å². The smallest absolute Gasteiger partial charge is 0.157 e. The fourth-order valence-electron chi connectivity index (χ4n) is 1.74. The molecule has 3 aromatic rings. The van der Waals surface area contributed by atoms with Crippen molar-refractivity contribution in [1.82, 2.24) is 10.2 Å². The molecule has 0 aliphatic heterocycles. The number of nitrogens with zero attached hydrogens (tertiary/aromatic N) is 2. The van der Waals surface area contributed by atoms with E-state index < -0.39 is 0 Å². The zero-order valence-corrected chi connectivity index (χ0v) is 8.57. The molecular weight excluding hydrogens is 208 g/mol. The highest BCUT2D eigenvalue weighted by atomic mass is 35.5. The van der Waals surface area contributed by atoms with Crippen molar-refractivity contribution >= 4 is 33.1 Å². The monoisotopic (exact) mass is 214 g/mol. The van der Waals surface area contributed by atoms with Gasteiger partial charge in [-0.25, -0.2) is 0 Å². The lowest BCUT2D eigenvalue weighted by atomic mass is 10.1. The molecule has 0 aliphatic carbocycles. The first-order chi connectivity index (χ1) is 7.34. The molecule has 72 valence electrons. The van der Waals surface area contributed by atoms with Crippen LogP contribution in [0.2, 0.25) is 5.15 Å². The van der Waals surface area contributed by atoms with Crippen LogP contribution in [-0.4, -0.2) is 10.2 Å². The number of hydrogen-bond donors (Lipinski definition) is 0. The summed E-state index contributed by atoms with van der Waals surface area (Å²) in [6.45, 7) is 0. The minimum atomic E-state index is 0.457. The molecule has 0 unspecified atom stereocenters. The normalized spacial score (nSPS) is 11.0. The SMILES string of the molecule is Clc1nncc2cc3ccccc3cc12. The van der Waals surface area contributed by atoms with E-state index in [9.17, 15) is 0 Å². The summed E-state index contributed by atoms with van der Waals surface area (Å²) < 4.78 is 0. The quantitative estimate of drug-likeness (QED) is 0.536. The lowest BCUT2D eigenvalue weighted by Gasteiger charge is -2.01. The Labute approximate surface area is 91.5 Å². The molecule has 0 bridgehead atoms. The number of hydrogen-bond acceptors (Lipinski definition) is 2. The molecule has 2 nitrogen and oxygen atoms in total. The first kappa shape index (κ1) is 8.62. The summed E-state index contributed by atoms with van der Waals surface area (Å²) in [6.07, 6.45) is 1.73. The van der Waals surface area contributed by atoms with Crippen LogP contribution in [0.25, 0.3) is 21.5 Å². The highest BCUT2D eigenvalue weighted by molar-refractivity contribution is 6.34. The van der Waals surface area contributed by atoms with Crippen molar-refractivity contribution in [2.75, 3.05) is 0 Å². The first-order valence-corrected chi connectivity index (χ1v) is 5.02. The van der Waals surface area contributed by atoms with E-state index in [0.717, 1.165) is 10.8 Å². The van der Waals surface area contributed by atoms with Crippen LogP contribution in [0, 0.1) is 0 Å². The van der Waals surface area contributed by atoms with E-state index in [-0.39, 0.29) is 0 Å². The third-order valence-corrected chi connectivity index (χ3v) is 2.76. The Bertz CT molecular complexity index is 649. The van der Waals surface area contributed by atoms with Gasteiger partial charge in [0.1, 0.15) is 0 Å². The second-order valence-corrected chi connectivity index (χ2v) is 3.78. The molecule has 3 heteroatoms. The Kier molecular flexibility index (Phi) is 1.82. The summed E-state index contributed by atoms with van der Waals surface area (Å²) in [5, 5.41) is 12.5. The number of halogens is 1. The minimum absolute atomic E-state index is 0.457. The van der Waals surface area contributed by atoms with E-state index in [0.29, 0.717) is 5.15 Å². The molecule has 2 aromatic carbocycles. The molecule has 0 radical (unpaired) electrons. The van der Waals surface area contributed by atoms with E-state index in [4.69, 9.17) is 11.6 Å². The van der Waals surface area contributed by atoms with Gasteiger partial charge in [-0.2, -0.15) is 5.10 Å². The number of rotatable bonds is 0. The summed E-state index contributed by atoms with van der Waals surface area (Å²) in [6, 6.07) is 12.3. The maximum absolute atomic E-state index is 5.98. The van der Waals surface area contributed by atoms with Gasteiger partial charge >= 0.3 is 0 Å². The summed E-state index contributed by atoms with van der Waals surface area (Å²) in [5.41, 5.74) is 0. The zero-order valence-electron chi connectivity index (χ0n) is 7.81. The predicted octanol–water partition coefficient (Wildman–Crippen LogP) is 3.44. The fraction of sp³-hybridized carbons (Fsp3) is 0. The molecule has 3 rings (SSSR count). The summed E-state index contributed by atoms with van der Waals surface area (Å²) in [4.78, 5) is 0. The Hall–Kier alpha value is -1.67. The standard InChI is InChI=1S/C12H7ClN2/c13-12-11-6-9-4-2-1-3-8(9)5-10(11)7-14-15-12/h1-7H. The van der Waals surface area contributed by atoms with E-state index in [1.165, 1.54) is 10.8 Å². The van der Waals surface area contributed by atoms with E-state index in [1.807, 2.05) is 18.2 Å². The summed E-state index contributed by atoms with van der Waals surface area (Å²) in [7, 11) is 0. The molecule has 0 atom stereocenters. The van der Waals surface area contributed by atoms with Crippen molar-refractivity contribution in [3.8, 4) is 0 Å². The Morgan fingerprint density at radius 1 is 0.933 bits per heavy atom. The van der Waals surface area contributed by atoms with Crippen molar-refractivity contribution in [1.29, 1.82) is 0 Å². The van der Waals surface area contributed by atoms with Gasteiger partial charge in [-0.3, -0.25) is 0 Å². The molecule has 1 heterocycles. The minimum Gasteiger partial charge on any atom is -0.157 e. The maximum Gasteiger partial charge on any atom is 0.159 e. The van der Waals surface area contributed by atoms with Crippen molar-refractivity contribution in [2.45, 2.75) is 0 Å². The molecule has 0 saturated carbocycles. The Morgan fingerprint density at radius 2 is 1.67 bits per heavy atom. The van der Waals surface area contributed by atoms with Gasteiger partial charge in [-0.15, -0.1) is 5.10 Å². The van der Waals surface area contributed by atoms with Crippen LogP contribution in [0.15, 0.2) is 42.6 Å². The average Bonchev–Trinajstić information content (AvgIpc) is 2.27. The topological polar surface area (TPSA) is 25.8 Å². The van der Waals surface area contributed by atoms with Gasteiger partial charge in [0, 0.05) is 10.8 Å². The molecule has 0 fully saturated rings. The van der Waals surface area contributed by atoms with Gasteiger partial charge in [0.2, 0.25) is 0 Å². The van der Waals surface area contributed by atoms with Crippen LogP contribution in [0.5, 0.6) is 0 Å². The fourth-order valence-corrected chi connectivity index (χ4v) is 1.95. The molecule has 0 aliphatic rings. The molecule has 0 saturated heterocycles. The summed E-state index contributed by atoms with van der Waals surface area (Å²) >= 11 is 5.98. The highest BCUT2D eigenvalue weighted by Crippen LogP contribution is 2.25. The van der Waals surface area contributed by atoms with Crippen LogP contribution in [-0.2, 0) is 0 Å². The lowest BCUT2D eigenvalue weighted by Crippen LogP contribution is -1.84. The van der Waals surface area contributed by atoms with Gasteiger partial charge in [0.05, 0.1) is 6.20 Å². The van der Waals surface area contributed by atoms with Crippen molar-refractivity contribution in [3.05, 3.63) is 47.7 Å². The molecule has 1 aromatic heterocycles. The van der Waals surface area contributed by atoms with Gasteiger partial charge in [0.15, 0.2) is 5.15 Å². The zero-order chi connectivity index (χ0) is 10.3. The van der Waals surface area contributed by atoms with Crippen LogP contribution < -0.4 is 0 Å². The second kappa shape index (κ2) is 3.17. The lowest BCUT2D eigenvalue weighted by molar-refractivity contribution is 1.05. The Morgan fingerprint density at radius 3 is 2.47 bits per heavy atom. The largest absolute Gasteiger partial charge is 0.159 e. The van der Waals surface area contributed by atoms with Gasteiger partial charge in [-0.1, -0.05) is 35.9 Å². The second-order valence-electron chi connectivity index (χ2n) is 3.42. The predicted molar refractivity (Wildman–Crippen MR) is 62.1 cm³/mol. The van der Waals surface area contributed by atoms with E-state index in [2.05, 4.69) is 28.4 Å². The first-order valence-electron chi connectivity index (χ1n) is 4.64. The molecule has 0 spiro atoms. The molecular formula is C12H7ClN2. The molecule has 0 amide bonds. The van der Waals surface area contributed by atoms with Crippen molar-refractivity contribution in [3.63, 3.8) is 0 Å². The average molecular weight is 215 g/mol. The molecule has 15 heavy (non-hydrogen) atoms. The molecule has 0 N–H and O–H groups in total. The maximum atomic E-state index is 5.98. The Balaban J connectivity index is 2.53. The third-order valence-electron chi connectivity index (χ3n) is 2.48. The van der Waals surface area contributed by atoms with Crippen molar-refractivity contribution < 1.29 is 0 Å². The van der Waals surface area contributed by atoms with Gasteiger partial charge in [-0.05, 0) is 22.9 Å². The van der Waals surface area contributed by atoms with Gasteiger partial charge < -0.3 is 0 Å². The number of aromatic nitrogens is 2. The summed E-state index contributed by atoms with van der Waals surface area (Å²) in [5.74, 6) is 0. The van der Waals surface area contributed by atoms with Gasteiger partial charge in [0.25, 0.3) is 0 Å². The third kappa shape index (κ3) is 1.34. The van der Waals surface area contributed by atoms with E-state index >= 15 is 0 Å². The highest BCUT2D eigenvalue weighted by Gasteiger charge is 2.02. The van der Waals surface area contributed by atoms with E-state index in [1.54, 1.807) is 6.20 Å². The number of benzene rings is 2. The van der Waals surface area contributed by atoms with Crippen LogP contribution in [0.1, 0.15) is 0 Å². The van der Waals surface area contributed by atoms with Crippen LogP contribution in [0.3, 0.4) is 0 Å². The number of fused-ring (bicyclic) bond motifs is 2. The van der Waals surface area contributed by atoms with Crippen molar-refractivity contribution in [2.24, 2.45) is 0 Å².